The van der Waals surface area contributed by atoms with E-state index in [9.17, 15) is 4.79 Å². The van der Waals surface area contributed by atoms with Gasteiger partial charge in [0.2, 0.25) is 5.91 Å². The molecule has 5 heterocycles. The number of piperidine rings is 1. The molecule has 60 heavy (non-hydrogen) atoms. The minimum absolute atomic E-state index is 0.0773. The summed E-state index contributed by atoms with van der Waals surface area (Å²) in [6.07, 6.45) is 12.2. The molecule has 11 atom stereocenters. The van der Waals surface area contributed by atoms with E-state index in [2.05, 4.69) is 107 Å². The predicted molar refractivity (Wildman–Crippen MR) is 237 cm³/mol. The van der Waals surface area contributed by atoms with E-state index in [-0.39, 0.29) is 48.6 Å². The number of nitrogens with zero attached hydrogens (tertiary/aromatic N) is 4. The molecule has 0 bridgehead atoms. The van der Waals surface area contributed by atoms with Crippen molar-refractivity contribution in [3.05, 3.63) is 58.6 Å². The molecule has 0 radical (unpaired) electrons. The molecule has 10 unspecified atom stereocenters. The number of rotatable bonds is 9. The van der Waals surface area contributed by atoms with Crippen molar-refractivity contribution in [2.75, 3.05) is 19.7 Å². The number of amides is 1. The standard InChI is InChI=1S/C46H64ClN9O3S/c1-27-29(3)60-45-41(27)42(49-28(2)43-54-51-30(4)56(43)45)32-6-11-35(12-7-32)58-25-31-18-20-46(23-31)19-5-21-55(26-46)40-17-16-39(52-53-40)44(57)50-34-9-14-36(15-10-34)59-37-13-8-33(24-48)38(47)22-37/h6-8,11-13,22,27-31,34,36,39-41,43,45,51-54H,5,9-10,14-21,23,25-26H2,1-4H3,(H,50,57)/t27?,28-,29?,30?,31?,34?,36?,39?,40?,41?,43?,45?,46?/m0/s1. The van der Waals surface area contributed by atoms with E-state index in [0.29, 0.717) is 50.1 Å². The van der Waals surface area contributed by atoms with Crippen molar-refractivity contribution in [1.82, 2.24) is 36.8 Å². The lowest BCUT2D eigenvalue weighted by Crippen LogP contribution is -2.64. The van der Waals surface area contributed by atoms with Gasteiger partial charge in [0, 0.05) is 35.5 Å². The van der Waals surface area contributed by atoms with Crippen LogP contribution in [0.4, 0.5) is 0 Å². The van der Waals surface area contributed by atoms with Crippen LogP contribution in [-0.4, -0.2) is 94.5 Å². The van der Waals surface area contributed by atoms with E-state index in [1.165, 1.54) is 43.4 Å². The van der Waals surface area contributed by atoms with Crippen LogP contribution in [0.3, 0.4) is 0 Å². The molecule has 2 aliphatic carbocycles. The lowest BCUT2D eigenvalue weighted by molar-refractivity contribution is -0.126. The molecule has 1 amide bonds. The van der Waals surface area contributed by atoms with Gasteiger partial charge in [-0.25, -0.2) is 21.7 Å². The number of fused-ring (bicyclic) bond motifs is 3. The third kappa shape index (κ3) is 8.82. The minimum atomic E-state index is -0.234. The average Bonchev–Trinajstić information content (AvgIpc) is 3.91. The maximum atomic E-state index is 13.3. The first-order chi connectivity index (χ1) is 29.1. The fourth-order valence-electron chi connectivity index (χ4n) is 11.5. The Hall–Kier alpha value is -2.93. The summed E-state index contributed by atoms with van der Waals surface area (Å²) in [6, 6.07) is 16.2. The number of thioether (sulfide) groups is 1. The fraction of sp³-hybridized carbons (Fsp3) is 0.674. The highest BCUT2D eigenvalue weighted by Gasteiger charge is 2.52. The number of hydrogen-bond donors (Lipinski definition) is 5. The number of carbonyl (C=O) groups excluding carboxylic acids is 1. The number of nitrogens with one attached hydrogen (secondary N) is 5. The average molecular weight is 859 g/mol. The third-order valence-electron chi connectivity index (χ3n) is 15.0. The Morgan fingerprint density at radius 1 is 0.983 bits per heavy atom. The molecule has 324 valence electrons. The number of likely N-dealkylation sites (tertiary alicyclic amines) is 1. The molecule has 9 rings (SSSR count). The highest BCUT2D eigenvalue weighted by molar-refractivity contribution is 8.00. The molecule has 6 fully saturated rings. The van der Waals surface area contributed by atoms with Crippen LogP contribution in [0, 0.1) is 34.5 Å². The number of ether oxygens (including phenoxy) is 2. The number of carbonyl (C=O) groups is 1. The van der Waals surface area contributed by atoms with Gasteiger partial charge in [0.05, 0.1) is 53.2 Å². The van der Waals surface area contributed by atoms with Gasteiger partial charge in [-0.3, -0.25) is 19.6 Å². The number of hydrogen-bond acceptors (Lipinski definition) is 12. The number of nitriles is 1. The molecule has 0 aromatic heterocycles. The highest BCUT2D eigenvalue weighted by Crippen LogP contribution is 2.50. The van der Waals surface area contributed by atoms with Gasteiger partial charge in [0.15, 0.2) is 0 Å². The monoisotopic (exact) mass is 857 g/mol. The number of hydrazine groups is 2. The number of halogens is 1. The van der Waals surface area contributed by atoms with Crippen molar-refractivity contribution < 1.29 is 14.3 Å². The molecule has 1 spiro atoms. The molecule has 2 saturated carbocycles. The van der Waals surface area contributed by atoms with Crippen LogP contribution in [-0.2, 0) is 4.79 Å². The van der Waals surface area contributed by atoms with Gasteiger partial charge in [-0.2, -0.15) is 5.26 Å². The van der Waals surface area contributed by atoms with Crippen LogP contribution in [0.15, 0.2) is 47.5 Å². The third-order valence-corrected chi connectivity index (χ3v) is 17.0. The van der Waals surface area contributed by atoms with Gasteiger partial charge in [-0.05, 0) is 150 Å². The van der Waals surface area contributed by atoms with Crippen LogP contribution in [0.2, 0.25) is 5.02 Å². The van der Waals surface area contributed by atoms with Crippen LogP contribution in [0.5, 0.6) is 11.5 Å². The predicted octanol–water partition coefficient (Wildman–Crippen LogP) is 6.55. The highest BCUT2D eigenvalue weighted by atomic mass is 35.5. The van der Waals surface area contributed by atoms with Crippen LogP contribution < -0.4 is 36.5 Å². The maximum Gasteiger partial charge on any atom is 0.238 e. The normalized spacial score (nSPS) is 38.4. The zero-order valence-electron chi connectivity index (χ0n) is 35.7. The number of benzene rings is 2. The molecule has 5 N–H and O–H groups in total. The van der Waals surface area contributed by atoms with E-state index in [0.717, 1.165) is 64.0 Å². The summed E-state index contributed by atoms with van der Waals surface area (Å²) in [5, 5.41) is 13.8. The first-order valence-corrected chi connectivity index (χ1v) is 24.0. The minimum Gasteiger partial charge on any atom is -0.493 e. The second kappa shape index (κ2) is 18.0. The second-order valence-corrected chi connectivity index (χ2v) is 20.9. The Labute approximate surface area is 365 Å². The van der Waals surface area contributed by atoms with E-state index < -0.39 is 0 Å². The van der Waals surface area contributed by atoms with Crippen LogP contribution >= 0.6 is 23.4 Å². The molecule has 5 aliphatic heterocycles. The molecular weight excluding hydrogens is 794 g/mol. The van der Waals surface area contributed by atoms with Gasteiger partial charge in [0.25, 0.3) is 0 Å². The van der Waals surface area contributed by atoms with E-state index in [4.69, 9.17) is 31.3 Å². The van der Waals surface area contributed by atoms with Crippen LogP contribution in [0.25, 0.3) is 0 Å². The molecule has 2 aromatic carbocycles. The maximum absolute atomic E-state index is 13.3. The Balaban J connectivity index is 0.718. The van der Waals surface area contributed by atoms with Crippen molar-refractivity contribution in [2.24, 2.45) is 28.2 Å². The SMILES string of the molecule is CC1SC2C(C(c3ccc(OCC4CCC5(CCCN(C6CCC(C(=O)NC7CCC(Oc8ccc(C#N)c(Cl)c8)CC7)NN6)C5)C4)cc3)=N[C@@H](C)C3NNC(C)N23)C1C. The van der Waals surface area contributed by atoms with Crippen LogP contribution in [0.1, 0.15) is 109 Å². The van der Waals surface area contributed by atoms with Crippen molar-refractivity contribution in [3.63, 3.8) is 0 Å². The zero-order valence-corrected chi connectivity index (χ0v) is 37.2. The Kier molecular flexibility index (Phi) is 12.7. The molecule has 4 saturated heterocycles. The summed E-state index contributed by atoms with van der Waals surface area (Å²) in [5.41, 5.74) is 17.2. The molecule has 7 aliphatic rings. The van der Waals surface area contributed by atoms with Crippen molar-refractivity contribution in [3.8, 4) is 17.6 Å². The number of aliphatic imine (C=N–C) groups is 1. The first kappa shape index (κ1) is 42.4. The van der Waals surface area contributed by atoms with Gasteiger partial charge in [-0.15, -0.1) is 11.8 Å². The quantitative estimate of drug-likeness (QED) is 0.188. The van der Waals surface area contributed by atoms with E-state index in [1.54, 1.807) is 18.2 Å². The topological polar surface area (TPSA) is 138 Å². The largest absolute Gasteiger partial charge is 0.493 e. The van der Waals surface area contributed by atoms with Crippen molar-refractivity contribution in [1.29, 1.82) is 5.26 Å². The van der Waals surface area contributed by atoms with Crippen molar-refractivity contribution >= 4 is 35.0 Å². The second-order valence-electron chi connectivity index (χ2n) is 19.0. The zero-order chi connectivity index (χ0) is 41.5. The molecule has 14 heteroatoms. The summed E-state index contributed by atoms with van der Waals surface area (Å²) in [4.78, 5) is 24.0. The Bertz CT molecular complexity index is 1920. The van der Waals surface area contributed by atoms with E-state index >= 15 is 0 Å². The Morgan fingerprint density at radius 2 is 1.78 bits per heavy atom. The van der Waals surface area contributed by atoms with Gasteiger partial charge in [0.1, 0.15) is 23.6 Å². The van der Waals surface area contributed by atoms with Gasteiger partial charge < -0.3 is 14.8 Å². The summed E-state index contributed by atoms with van der Waals surface area (Å²) in [5.74, 6) is 3.20. The summed E-state index contributed by atoms with van der Waals surface area (Å²) < 4.78 is 12.7. The smallest absolute Gasteiger partial charge is 0.238 e. The fourth-order valence-corrected chi connectivity index (χ4v) is 13.6. The molecule has 12 nitrogen and oxygen atoms in total. The van der Waals surface area contributed by atoms with Gasteiger partial charge >= 0.3 is 0 Å². The summed E-state index contributed by atoms with van der Waals surface area (Å²) >= 11 is 8.30. The van der Waals surface area contributed by atoms with Crippen molar-refractivity contribution in [2.45, 2.75) is 152 Å². The lowest BCUT2D eigenvalue weighted by Gasteiger charge is -2.46. The first-order valence-electron chi connectivity index (χ1n) is 22.7. The lowest BCUT2D eigenvalue weighted by atomic mass is 9.77. The van der Waals surface area contributed by atoms with E-state index in [1.807, 2.05) is 0 Å². The Morgan fingerprint density at radius 3 is 2.53 bits per heavy atom. The van der Waals surface area contributed by atoms with Gasteiger partial charge in [-0.1, -0.05) is 25.4 Å². The molecule has 2 aromatic rings. The summed E-state index contributed by atoms with van der Waals surface area (Å²) in [7, 11) is 0. The summed E-state index contributed by atoms with van der Waals surface area (Å²) in [6.45, 7) is 12.3. The molecular formula is C46H64ClN9O3S.